The SMILES string of the molecule is C#CCO[C@@H](C)OCCNC(=S)N1C[C@H]2C[C@@H](C1)c1cccc(=O)n1C2. The highest BCUT2D eigenvalue weighted by atomic mass is 32.1. The summed E-state index contributed by atoms with van der Waals surface area (Å²) in [6.45, 7) is 5.67. The van der Waals surface area contributed by atoms with Crippen molar-refractivity contribution < 1.29 is 9.47 Å². The maximum absolute atomic E-state index is 12.1. The zero-order chi connectivity index (χ0) is 18.5. The van der Waals surface area contributed by atoms with E-state index in [2.05, 4.69) is 22.2 Å². The highest BCUT2D eigenvalue weighted by Gasteiger charge is 2.35. The lowest BCUT2D eigenvalue weighted by molar-refractivity contribution is -0.119. The molecule has 0 spiro atoms. The second kappa shape index (κ2) is 8.67. The zero-order valence-electron chi connectivity index (χ0n) is 15.0. The topological polar surface area (TPSA) is 55.7 Å². The van der Waals surface area contributed by atoms with Gasteiger partial charge in [-0.1, -0.05) is 12.0 Å². The molecule has 1 aromatic rings. The fourth-order valence-corrected chi connectivity index (χ4v) is 4.02. The molecule has 3 heterocycles. The summed E-state index contributed by atoms with van der Waals surface area (Å²) >= 11 is 5.56. The van der Waals surface area contributed by atoms with Crippen LogP contribution in [0, 0.1) is 18.3 Å². The number of likely N-dealkylation sites (tertiary alicyclic amines) is 1. The predicted molar refractivity (Wildman–Crippen MR) is 104 cm³/mol. The van der Waals surface area contributed by atoms with Gasteiger partial charge >= 0.3 is 0 Å². The van der Waals surface area contributed by atoms with Gasteiger partial charge in [0.1, 0.15) is 6.61 Å². The second-order valence-corrected chi connectivity index (χ2v) is 7.18. The first kappa shape index (κ1) is 18.9. The third-order valence-electron chi connectivity index (χ3n) is 4.90. The first-order valence-corrected chi connectivity index (χ1v) is 9.38. The Kier molecular flexibility index (Phi) is 6.30. The van der Waals surface area contributed by atoms with Gasteiger partial charge in [0.25, 0.3) is 5.56 Å². The monoisotopic (exact) mass is 375 g/mol. The van der Waals surface area contributed by atoms with E-state index in [0.29, 0.717) is 25.0 Å². The highest BCUT2D eigenvalue weighted by Crippen LogP contribution is 2.34. The smallest absolute Gasteiger partial charge is 0.250 e. The molecule has 1 fully saturated rings. The molecule has 1 saturated heterocycles. The zero-order valence-corrected chi connectivity index (χ0v) is 15.8. The third-order valence-corrected chi connectivity index (χ3v) is 5.30. The Labute approximate surface area is 159 Å². The van der Waals surface area contributed by atoms with E-state index >= 15 is 0 Å². The van der Waals surface area contributed by atoms with E-state index in [1.165, 1.54) is 0 Å². The minimum Gasteiger partial charge on any atom is -0.360 e. The first-order chi connectivity index (χ1) is 12.6. The average Bonchev–Trinajstić information content (AvgIpc) is 2.64. The molecule has 0 saturated carbocycles. The summed E-state index contributed by atoms with van der Waals surface area (Å²) in [5.41, 5.74) is 1.23. The molecule has 0 aromatic carbocycles. The lowest BCUT2D eigenvalue weighted by atomic mass is 9.83. The number of thiocarbonyl (C=S) groups is 1. The number of pyridine rings is 1. The third kappa shape index (κ3) is 4.44. The minimum absolute atomic E-state index is 0.102. The quantitative estimate of drug-likeness (QED) is 0.348. The number of piperidine rings is 1. The number of nitrogens with one attached hydrogen (secondary N) is 1. The van der Waals surface area contributed by atoms with Crippen LogP contribution in [0.5, 0.6) is 0 Å². The van der Waals surface area contributed by atoms with Crippen LogP contribution >= 0.6 is 12.2 Å². The Hall–Kier alpha value is -1.88. The van der Waals surface area contributed by atoms with Crippen LogP contribution in [0.4, 0.5) is 0 Å². The van der Waals surface area contributed by atoms with Crippen molar-refractivity contribution in [3.05, 3.63) is 34.2 Å². The maximum atomic E-state index is 12.1. The normalized spacial score (nSPS) is 22.2. The van der Waals surface area contributed by atoms with Gasteiger partial charge in [-0.25, -0.2) is 0 Å². The molecule has 2 aliphatic rings. The van der Waals surface area contributed by atoms with Gasteiger partial charge in [-0.05, 0) is 37.5 Å². The van der Waals surface area contributed by atoms with Crippen molar-refractivity contribution in [3.63, 3.8) is 0 Å². The Morgan fingerprint density at radius 3 is 3.08 bits per heavy atom. The van der Waals surface area contributed by atoms with E-state index in [1.807, 2.05) is 17.6 Å². The van der Waals surface area contributed by atoms with Crippen molar-refractivity contribution in [3.8, 4) is 12.3 Å². The molecule has 0 radical (unpaired) electrons. The van der Waals surface area contributed by atoms with Crippen molar-refractivity contribution in [2.75, 3.05) is 32.8 Å². The fraction of sp³-hybridized carbons (Fsp3) is 0.579. The van der Waals surface area contributed by atoms with E-state index < -0.39 is 0 Å². The summed E-state index contributed by atoms with van der Waals surface area (Å²) in [7, 11) is 0. The van der Waals surface area contributed by atoms with Gasteiger partial charge in [0.2, 0.25) is 0 Å². The van der Waals surface area contributed by atoms with Crippen LogP contribution < -0.4 is 10.9 Å². The van der Waals surface area contributed by atoms with Crippen LogP contribution in [0.25, 0.3) is 0 Å². The molecule has 0 aliphatic carbocycles. The van der Waals surface area contributed by atoms with E-state index in [1.54, 1.807) is 6.07 Å². The summed E-state index contributed by atoms with van der Waals surface area (Å²) in [4.78, 5) is 14.3. The van der Waals surface area contributed by atoms with E-state index in [0.717, 1.165) is 36.9 Å². The van der Waals surface area contributed by atoms with Crippen LogP contribution in [0.15, 0.2) is 23.0 Å². The summed E-state index contributed by atoms with van der Waals surface area (Å²) in [6.07, 6.45) is 5.94. The molecular weight excluding hydrogens is 350 g/mol. The summed E-state index contributed by atoms with van der Waals surface area (Å²) in [5.74, 6) is 3.22. The minimum atomic E-state index is -0.328. The number of terminal acetylenes is 1. The average molecular weight is 375 g/mol. The number of hydrogen-bond donors (Lipinski definition) is 1. The van der Waals surface area contributed by atoms with Crippen molar-refractivity contribution in [1.29, 1.82) is 0 Å². The molecule has 6 nitrogen and oxygen atoms in total. The van der Waals surface area contributed by atoms with Gasteiger partial charge in [0.05, 0.1) is 6.61 Å². The fourth-order valence-electron chi connectivity index (χ4n) is 3.77. The van der Waals surface area contributed by atoms with Gasteiger partial charge in [0.15, 0.2) is 11.4 Å². The van der Waals surface area contributed by atoms with E-state index in [4.69, 9.17) is 28.1 Å². The van der Waals surface area contributed by atoms with Gasteiger partial charge in [-0.2, -0.15) is 0 Å². The number of nitrogens with zero attached hydrogens (tertiary/aromatic N) is 2. The van der Waals surface area contributed by atoms with Crippen LogP contribution in [0.3, 0.4) is 0 Å². The van der Waals surface area contributed by atoms with Gasteiger partial charge < -0.3 is 24.3 Å². The van der Waals surface area contributed by atoms with Crippen molar-refractivity contribution in [2.24, 2.45) is 5.92 Å². The standard InChI is InChI=1S/C19H25N3O3S/c1-3-8-24-14(2)25-9-7-20-19(26)21-11-15-10-16(13-21)17-5-4-6-18(23)22(17)12-15/h1,4-6,14-16H,7-13H2,2H3,(H,20,26)/t14-,15-,16+/m1/s1. The summed E-state index contributed by atoms with van der Waals surface area (Å²) < 4.78 is 12.7. The molecule has 140 valence electrons. The van der Waals surface area contributed by atoms with Crippen molar-refractivity contribution in [2.45, 2.75) is 32.1 Å². The summed E-state index contributed by atoms with van der Waals surface area (Å²) in [5, 5.41) is 4.00. The Bertz CT molecular complexity index is 742. The molecule has 2 bridgehead atoms. The van der Waals surface area contributed by atoms with Crippen LogP contribution in [-0.4, -0.2) is 53.7 Å². The summed E-state index contributed by atoms with van der Waals surface area (Å²) in [6, 6.07) is 5.56. The predicted octanol–water partition coefficient (Wildman–Crippen LogP) is 1.15. The molecule has 26 heavy (non-hydrogen) atoms. The van der Waals surface area contributed by atoms with E-state index in [-0.39, 0.29) is 18.5 Å². The van der Waals surface area contributed by atoms with E-state index in [9.17, 15) is 4.79 Å². The molecule has 2 aliphatic heterocycles. The number of aromatic nitrogens is 1. The number of hydrogen-bond acceptors (Lipinski definition) is 4. The second-order valence-electron chi connectivity index (χ2n) is 6.79. The maximum Gasteiger partial charge on any atom is 0.250 e. The van der Waals surface area contributed by atoms with Crippen molar-refractivity contribution >= 4 is 17.3 Å². The van der Waals surface area contributed by atoms with Gasteiger partial charge in [-0.15, -0.1) is 6.42 Å². The molecule has 7 heteroatoms. The largest absolute Gasteiger partial charge is 0.360 e. The highest BCUT2D eigenvalue weighted by molar-refractivity contribution is 7.80. The number of rotatable bonds is 6. The molecule has 0 amide bonds. The van der Waals surface area contributed by atoms with Gasteiger partial charge in [-0.3, -0.25) is 4.79 Å². The van der Waals surface area contributed by atoms with Crippen LogP contribution in [0.1, 0.15) is 25.0 Å². The lowest BCUT2D eigenvalue weighted by Gasteiger charge is -2.43. The molecule has 3 rings (SSSR count). The Balaban J connectivity index is 1.49. The molecule has 3 atom stereocenters. The van der Waals surface area contributed by atoms with Crippen LogP contribution in [-0.2, 0) is 16.0 Å². The molecular formula is C19H25N3O3S. The van der Waals surface area contributed by atoms with Crippen LogP contribution in [0.2, 0.25) is 0 Å². The Morgan fingerprint density at radius 2 is 2.27 bits per heavy atom. The number of fused-ring (bicyclic) bond motifs is 4. The number of ether oxygens (including phenoxy) is 2. The van der Waals surface area contributed by atoms with Gasteiger partial charge in [0, 0.05) is 43.9 Å². The molecule has 1 N–H and O–H groups in total. The lowest BCUT2D eigenvalue weighted by Crippen LogP contribution is -2.52. The van der Waals surface area contributed by atoms with Crippen molar-refractivity contribution in [1.82, 2.24) is 14.8 Å². The Morgan fingerprint density at radius 1 is 1.42 bits per heavy atom. The molecule has 0 unspecified atom stereocenters. The first-order valence-electron chi connectivity index (χ1n) is 8.97. The molecule has 1 aromatic heterocycles.